The van der Waals surface area contributed by atoms with Gasteiger partial charge in [0.25, 0.3) is 0 Å². The SMILES string of the molecule is [O]CCCCc1cc[nH]n1. The number of nitrogens with one attached hydrogen (secondary N) is 1. The van der Waals surface area contributed by atoms with Gasteiger partial charge in [-0.1, -0.05) is 0 Å². The highest BCUT2D eigenvalue weighted by Crippen LogP contribution is 1.98. The third-order valence-corrected chi connectivity index (χ3v) is 1.39. The summed E-state index contributed by atoms with van der Waals surface area (Å²) >= 11 is 0. The smallest absolute Gasteiger partial charge is 0.0822 e. The van der Waals surface area contributed by atoms with Crippen molar-refractivity contribution in [3.8, 4) is 0 Å². The van der Waals surface area contributed by atoms with E-state index in [1.165, 1.54) is 0 Å². The molecule has 1 radical (unpaired) electrons. The van der Waals surface area contributed by atoms with Crippen molar-refractivity contribution in [3.05, 3.63) is 18.0 Å². The second-order valence-electron chi connectivity index (χ2n) is 2.23. The van der Waals surface area contributed by atoms with Gasteiger partial charge in [0.05, 0.1) is 12.3 Å². The third-order valence-electron chi connectivity index (χ3n) is 1.39. The van der Waals surface area contributed by atoms with Gasteiger partial charge < -0.3 is 0 Å². The zero-order valence-electron chi connectivity index (χ0n) is 5.84. The lowest BCUT2D eigenvalue weighted by atomic mass is 10.2. The molecule has 0 spiro atoms. The number of aromatic nitrogens is 2. The van der Waals surface area contributed by atoms with E-state index < -0.39 is 0 Å². The van der Waals surface area contributed by atoms with Crippen LogP contribution in [0.1, 0.15) is 18.5 Å². The van der Waals surface area contributed by atoms with Crippen molar-refractivity contribution < 1.29 is 5.11 Å². The van der Waals surface area contributed by atoms with Gasteiger partial charge in [-0.25, -0.2) is 5.11 Å². The maximum Gasteiger partial charge on any atom is 0.0822 e. The van der Waals surface area contributed by atoms with Gasteiger partial charge in [0.2, 0.25) is 0 Å². The Morgan fingerprint density at radius 2 is 2.40 bits per heavy atom. The van der Waals surface area contributed by atoms with Crippen LogP contribution in [0, 0.1) is 0 Å². The molecule has 0 saturated heterocycles. The van der Waals surface area contributed by atoms with Gasteiger partial charge in [0.1, 0.15) is 0 Å². The Bertz CT molecular complexity index is 160. The Kier molecular flexibility index (Phi) is 2.96. The van der Waals surface area contributed by atoms with E-state index in [0.717, 1.165) is 25.0 Å². The number of unbranched alkanes of at least 4 members (excludes halogenated alkanes) is 1. The summed E-state index contributed by atoms with van der Waals surface area (Å²) in [6.07, 6.45) is 4.43. The van der Waals surface area contributed by atoms with E-state index in [1.807, 2.05) is 6.07 Å². The topological polar surface area (TPSA) is 48.6 Å². The number of H-pyrrole nitrogens is 1. The molecule has 1 N–H and O–H groups in total. The van der Waals surface area contributed by atoms with E-state index in [-0.39, 0.29) is 6.61 Å². The van der Waals surface area contributed by atoms with E-state index in [2.05, 4.69) is 10.2 Å². The van der Waals surface area contributed by atoms with Gasteiger partial charge in [0.15, 0.2) is 0 Å². The van der Waals surface area contributed by atoms with Crippen LogP contribution in [0.4, 0.5) is 0 Å². The molecule has 0 bridgehead atoms. The molecule has 0 amide bonds. The largest absolute Gasteiger partial charge is 0.285 e. The molecule has 0 atom stereocenters. The Morgan fingerprint density at radius 1 is 1.50 bits per heavy atom. The minimum atomic E-state index is 0.0322. The maximum atomic E-state index is 10.0. The van der Waals surface area contributed by atoms with Gasteiger partial charge in [0, 0.05) is 6.20 Å². The first-order valence-corrected chi connectivity index (χ1v) is 3.50. The van der Waals surface area contributed by atoms with E-state index in [4.69, 9.17) is 0 Å². The molecular formula is C7H11N2O. The second-order valence-corrected chi connectivity index (χ2v) is 2.23. The molecule has 0 unspecified atom stereocenters. The predicted molar refractivity (Wildman–Crippen MR) is 37.1 cm³/mol. The van der Waals surface area contributed by atoms with Crippen LogP contribution in [0.5, 0.6) is 0 Å². The molecule has 55 valence electrons. The Morgan fingerprint density at radius 3 is 3.00 bits per heavy atom. The monoisotopic (exact) mass is 139 g/mol. The molecule has 1 heterocycles. The third kappa shape index (κ3) is 2.19. The van der Waals surface area contributed by atoms with Gasteiger partial charge in [-0.2, -0.15) is 5.10 Å². The number of rotatable bonds is 4. The highest BCUT2D eigenvalue weighted by Gasteiger charge is 1.92. The normalized spacial score (nSPS) is 10.1. The fraction of sp³-hybridized carbons (Fsp3) is 0.571. The van der Waals surface area contributed by atoms with Gasteiger partial charge in [-0.05, 0) is 25.3 Å². The minimum absolute atomic E-state index is 0.0322. The molecule has 3 nitrogen and oxygen atoms in total. The summed E-state index contributed by atoms with van der Waals surface area (Å²) in [5.41, 5.74) is 1.05. The number of aryl methyl sites for hydroxylation is 1. The van der Waals surface area contributed by atoms with Gasteiger partial charge >= 0.3 is 0 Å². The Balaban J connectivity index is 2.15. The zero-order chi connectivity index (χ0) is 7.23. The van der Waals surface area contributed by atoms with Gasteiger partial charge in [-0.15, -0.1) is 0 Å². The van der Waals surface area contributed by atoms with Crippen molar-refractivity contribution in [1.29, 1.82) is 0 Å². The standard InChI is InChI=1S/C7H11N2O/c10-6-2-1-3-7-4-5-8-9-7/h4-5H,1-3,6H2,(H,8,9). The van der Waals surface area contributed by atoms with E-state index in [0.29, 0.717) is 0 Å². The van der Waals surface area contributed by atoms with Crippen molar-refractivity contribution >= 4 is 0 Å². The summed E-state index contributed by atoms with van der Waals surface area (Å²) in [5, 5.41) is 16.7. The van der Waals surface area contributed by atoms with Crippen molar-refractivity contribution in [3.63, 3.8) is 0 Å². The fourth-order valence-corrected chi connectivity index (χ4v) is 0.838. The fourth-order valence-electron chi connectivity index (χ4n) is 0.838. The first-order valence-electron chi connectivity index (χ1n) is 3.50. The summed E-state index contributed by atoms with van der Waals surface area (Å²) in [6, 6.07) is 1.94. The van der Waals surface area contributed by atoms with Crippen LogP contribution < -0.4 is 0 Å². The lowest BCUT2D eigenvalue weighted by Gasteiger charge is -1.91. The summed E-state index contributed by atoms with van der Waals surface area (Å²) in [4.78, 5) is 0. The summed E-state index contributed by atoms with van der Waals surface area (Å²) < 4.78 is 0. The van der Waals surface area contributed by atoms with Crippen LogP contribution >= 0.6 is 0 Å². The summed E-state index contributed by atoms with van der Waals surface area (Å²) in [5.74, 6) is 0. The van der Waals surface area contributed by atoms with Crippen molar-refractivity contribution in [2.24, 2.45) is 0 Å². The Hall–Kier alpha value is -0.830. The number of aromatic amines is 1. The van der Waals surface area contributed by atoms with Gasteiger partial charge in [-0.3, -0.25) is 5.10 Å². The maximum absolute atomic E-state index is 10.0. The second kappa shape index (κ2) is 4.06. The van der Waals surface area contributed by atoms with Crippen LogP contribution in [-0.4, -0.2) is 16.8 Å². The molecular weight excluding hydrogens is 128 g/mol. The van der Waals surface area contributed by atoms with E-state index >= 15 is 0 Å². The highest BCUT2D eigenvalue weighted by molar-refractivity contribution is 4.96. The van der Waals surface area contributed by atoms with Crippen LogP contribution in [0.2, 0.25) is 0 Å². The van der Waals surface area contributed by atoms with Crippen LogP contribution in [-0.2, 0) is 11.5 Å². The van der Waals surface area contributed by atoms with E-state index in [1.54, 1.807) is 6.20 Å². The Labute approximate surface area is 60.1 Å². The zero-order valence-corrected chi connectivity index (χ0v) is 5.84. The summed E-state index contributed by atoms with van der Waals surface area (Å²) in [6.45, 7) is 0.0322. The predicted octanol–water partition coefficient (Wildman–Crippen LogP) is 1.16. The van der Waals surface area contributed by atoms with Crippen LogP contribution in [0.15, 0.2) is 12.3 Å². The van der Waals surface area contributed by atoms with E-state index in [9.17, 15) is 5.11 Å². The van der Waals surface area contributed by atoms with Crippen LogP contribution in [0.25, 0.3) is 0 Å². The quantitative estimate of drug-likeness (QED) is 0.625. The molecule has 1 aromatic rings. The molecule has 0 saturated carbocycles. The molecule has 0 aromatic carbocycles. The number of hydrogen-bond acceptors (Lipinski definition) is 1. The van der Waals surface area contributed by atoms with Crippen molar-refractivity contribution in [2.45, 2.75) is 19.3 Å². The average molecular weight is 139 g/mol. The first kappa shape index (κ1) is 7.28. The first-order chi connectivity index (χ1) is 4.93. The lowest BCUT2D eigenvalue weighted by Crippen LogP contribution is -1.87. The lowest BCUT2D eigenvalue weighted by molar-refractivity contribution is 0.187. The van der Waals surface area contributed by atoms with Crippen molar-refractivity contribution in [2.75, 3.05) is 6.61 Å². The molecule has 1 rings (SSSR count). The molecule has 1 aromatic heterocycles. The average Bonchev–Trinajstić information content (AvgIpc) is 2.41. The minimum Gasteiger partial charge on any atom is -0.285 e. The number of nitrogens with zero attached hydrogens (tertiary/aromatic N) is 1. The van der Waals surface area contributed by atoms with Crippen LogP contribution in [0.3, 0.4) is 0 Å². The highest BCUT2D eigenvalue weighted by atomic mass is 16.2. The summed E-state index contributed by atoms with van der Waals surface area (Å²) in [7, 11) is 0. The molecule has 3 heteroatoms. The number of hydrogen-bond donors (Lipinski definition) is 1. The molecule has 10 heavy (non-hydrogen) atoms. The molecule has 0 aliphatic rings. The molecule has 0 aliphatic carbocycles. The van der Waals surface area contributed by atoms with Crippen molar-refractivity contribution in [1.82, 2.24) is 10.2 Å². The molecule has 0 aliphatic heterocycles. The molecule has 0 fully saturated rings.